The molecular weight excluding hydrogens is 478 g/mol. The van der Waals surface area contributed by atoms with E-state index in [1.54, 1.807) is 41.1 Å². The zero-order chi connectivity index (χ0) is 18.8. The van der Waals surface area contributed by atoms with Gasteiger partial charge < -0.3 is 0 Å². The first-order valence-corrected chi connectivity index (χ1v) is 12.9. The summed E-state index contributed by atoms with van der Waals surface area (Å²) >= 11 is 5.67. The van der Waals surface area contributed by atoms with Crippen molar-refractivity contribution >= 4 is 58.5 Å². The summed E-state index contributed by atoms with van der Waals surface area (Å²) in [4.78, 5) is 0.677. The molecule has 1 aromatic carbocycles. The van der Waals surface area contributed by atoms with Crippen molar-refractivity contribution in [2.24, 2.45) is 0 Å². The van der Waals surface area contributed by atoms with Gasteiger partial charge in [-0.05, 0) is 47.2 Å². The zero-order valence-electron chi connectivity index (χ0n) is 13.2. The van der Waals surface area contributed by atoms with Crippen LogP contribution in [0.2, 0.25) is 0 Å². The molecule has 3 aromatic rings. The van der Waals surface area contributed by atoms with E-state index in [1.165, 1.54) is 29.5 Å². The molecule has 5 nitrogen and oxygen atoms in total. The summed E-state index contributed by atoms with van der Waals surface area (Å²) in [5.74, 6) is 0. The van der Waals surface area contributed by atoms with E-state index in [0.29, 0.717) is 4.88 Å². The van der Waals surface area contributed by atoms with Crippen LogP contribution in [0.3, 0.4) is 0 Å². The Balaban J connectivity index is 1.89. The molecule has 0 aliphatic rings. The van der Waals surface area contributed by atoms with Gasteiger partial charge in [-0.25, -0.2) is 21.6 Å². The van der Waals surface area contributed by atoms with Crippen molar-refractivity contribution in [1.29, 1.82) is 0 Å². The SMILES string of the molecule is O=S(=O)(NC[C@H](c1cccs1)S(=O)(=O)c1cccs1)c1ccc(Br)cc1. The Bertz CT molecular complexity index is 1060. The van der Waals surface area contributed by atoms with Gasteiger partial charge in [0.1, 0.15) is 9.46 Å². The molecule has 26 heavy (non-hydrogen) atoms. The smallest absolute Gasteiger partial charge is 0.222 e. The van der Waals surface area contributed by atoms with Crippen LogP contribution in [0.15, 0.2) is 72.9 Å². The molecule has 0 radical (unpaired) electrons. The van der Waals surface area contributed by atoms with E-state index in [9.17, 15) is 16.8 Å². The van der Waals surface area contributed by atoms with Gasteiger partial charge in [0.25, 0.3) is 0 Å². The molecule has 0 aliphatic carbocycles. The van der Waals surface area contributed by atoms with E-state index in [0.717, 1.165) is 15.8 Å². The minimum atomic E-state index is -3.82. The molecule has 0 saturated heterocycles. The fourth-order valence-corrected chi connectivity index (χ4v) is 7.69. The quantitative estimate of drug-likeness (QED) is 0.540. The predicted molar refractivity (Wildman–Crippen MR) is 108 cm³/mol. The average molecular weight is 492 g/mol. The summed E-state index contributed by atoms with van der Waals surface area (Å²) in [7, 11) is -7.52. The van der Waals surface area contributed by atoms with Crippen LogP contribution in [0, 0.1) is 0 Å². The van der Waals surface area contributed by atoms with Gasteiger partial charge in [0, 0.05) is 15.9 Å². The summed E-state index contributed by atoms with van der Waals surface area (Å²) in [6.07, 6.45) is 0. The highest BCUT2D eigenvalue weighted by molar-refractivity contribution is 9.10. The first-order valence-electron chi connectivity index (χ1n) is 7.37. The van der Waals surface area contributed by atoms with Crippen molar-refractivity contribution in [2.45, 2.75) is 14.4 Å². The topological polar surface area (TPSA) is 80.3 Å². The summed E-state index contributed by atoms with van der Waals surface area (Å²) in [6.45, 7) is -0.237. The molecule has 0 unspecified atom stereocenters. The Hall–Kier alpha value is -1.04. The van der Waals surface area contributed by atoms with Gasteiger partial charge >= 0.3 is 0 Å². The second-order valence-electron chi connectivity index (χ2n) is 5.29. The molecule has 0 aliphatic heterocycles. The number of hydrogen-bond acceptors (Lipinski definition) is 6. The lowest BCUT2D eigenvalue weighted by Gasteiger charge is -2.16. The maximum atomic E-state index is 13.0. The fourth-order valence-electron chi connectivity index (χ4n) is 2.29. The molecule has 0 fully saturated rings. The van der Waals surface area contributed by atoms with Gasteiger partial charge in [0.05, 0.1) is 4.90 Å². The van der Waals surface area contributed by atoms with Crippen molar-refractivity contribution in [3.63, 3.8) is 0 Å². The molecule has 0 spiro atoms. The Kier molecular flexibility index (Phi) is 6.00. The highest BCUT2D eigenvalue weighted by Crippen LogP contribution is 2.33. The van der Waals surface area contributed by atoms with Crippen LogP contribution in [-0.2, 0) is 19.9 Å². The summed E-state index contributed by atoms with van der Waals surface area (Å²) in [5.41, 5.74) is 0. The molecular formula is C16H14BrNO4S4. The van der Waals surface area contributed by atoms with Crippen LogP contribution in [0.4, 0.5) is 0 Å². The van der Waals surface area contributed by atoms with E-state index in [4.69, 9.17) is 0 Å². The lowest BCUT2D eigenvalue weighted by atomic mass is 10.3. The van der Waals surface area contributed by atoms with Gasteiger partial charge in [-0.1, -0.05) is 28.1 Å². The number of thiophene rings is 2. The predicted octanol–water partition coefficient (Wildman–Crippen LogP) is 4.07. The van der Waals surface area contributed by atoms with Gasteiger partial charge in [-0.15, -0.1) is 22.7 Å². The summed E-state index contributed by atoms with van der Waals surface area (Å²) < 4.78 is 54.4. The first-order chi connectivity index (χ1) is 12.3. The van der Waals surface area contributed by atoms with Gasteiger partial charge in [0.2, 0.25) is 10.0 Å². The van der Waals surface area contributed by atoms with Crippen LogP contribution >= 0.6 is 38.6 Å². The number of halogens is 1. The third kappa shape index (κ3) is 4.26. The second kappa shape index (κ2) is 7.91. The molecule has 2 aromatic heterocycles. The molecule has 138 valence electrons. The van der Waals surface area contributed by atoms with Crippen LogP contribution in [0.1, 0.15) is 10.1 Å². The molecule has 10 heteroatoms. The Morgan fingerprint density at radius 2 is 1.58 bits per heavy atom. The van der Waals surface area contributed by atoms with E-state index < -0.39 is 25.1 Å². The molecule has 0 bridgehead atoms. The molecule has 3 rings (SSSR count). The Morgan fingerprint density at radius 3 is 2.15 bits per heavy atom. The highest BCUT2D eigenvalue weighted by atomic mass is 79.9. The van der Waals surface area contributed by atoms with Crippen LogP contribution in [0.5, 0.6) is 0 Å². The van der Waals surface area contributed by atoms with E-state index in [1.807, 2.05) is 0 Å². The summed E-state index contributed by atoms with van der Waals surface area (Å²) in [6, 6.07) is 12.8. The molecule has 2 heterocycles. The normalized spacial score (nSPS) is 13.6. The monoisotopic (exact) mass is 491 g/mol. The third-order valence-electron chi connectivity index (χ3n) is 3.59. The molecule has 1 N–H and O–H groups in total. The number of hydrogen-bond donors (Lipinski definition) is 1. The molecule has 1 atom stereocenters. The Morgan fingerprint density at radius 1 is 0.923 bits per heavy atom. The number of sulfonamides is 1. The maximum absolute atomic E-state index is 13.0. The van der Waals surface area contributed by atoms with Gasteiger partial charge in [0.15, 0.2) is 9.84 Å². The van der Waals surface area contributed by atoms with Crippen molar-refractivity contribution in [1.82, 2.24) is 4.72 Å². The molecule has 0 amide bonds. The summed E-state index contributed by atoms with van der Waals surface area (Å²) in [5, 5.41) is 2.48. The van der Waals surface area contributed by atoms with Gasteiger partial charge in [-0.3, -0.25) is 0 Å². The molecule has 0 saturated carbocycles. The lowest BCUT2D eigenvalue weighted by Crippen LogP contribution is -2.31. The van der Waals surface area contributed by atoms with Crippen molar-refractivity contribution in [3.05, 3.63) is 68.6 Å². The zero-order valence-corrected chi connectivity index (χ0v) is 18.1. The van der Waals surface area contributed by atoms with Crippen molar-refractivity contribution in [3.8, 4) is 0 Å². The largest absolute Gasteiger partial charge is 0.240 e. The number of nitrogens with one attached hydrogen (secondary N) is 1. The second-order valence-corrected chi connectivity index (χ2v) is 12.3. The average Bonchev–Trinajstić information content (AvgIpc) is 3.29. The van der Waals surface area contributed by atoms with E-state index >= 15 is 0 Å². The third-order valence-corrected chi connectivity index (χ3v) is 10.2. The highest BCUT2D eigenvalue weighted by Gasteiger charge is 2.32. The fraction of sp³-hybridized carbons (Fsp3) is 0.125. The van der Waals surface area contributed by atoms with Crippen molar-refractivity contribution < 1.29 is 16.8 Å². The van der Waals surface area contributed by atoms with Gasteiger partial charge in [-0.2, -0.15) is 0 Å². The number of benzene rings is 1. The Labute approximate surface area is 168 Å². The van der Waals surface area contributed by atoms with Crippen LogP contribution < -0.4 is 4.72 Å². The number of rotatable bonds is 7. The van der Waals surface area contributed by atoms with Crippen LogP contribution in [0.25, 0.3) is 0 Å². The lowest BCUT2D eigenvalue weighted by molar-refractivity contribution is 0.570. The maximum Gasteiger partial charge on any atom is 0.240 e. The standard InChI is InChI=1S/C16H14BrNO4S4/c17-12-5-7-13(8-6-12)26(21,22)18-11-15(14-3-1-9-23-14)25(19,20)16-4-2-10-24-16/h1-10,15,18H,11H2/t15-/m1/s1. The minimum absolute atomic E-state index is 0.0825. The minimum Gasteiger partial charge on any atom is -0.222 e. The van der Waals surface area contributed by atoms with Crippen LogP contribution in [-0.4, -0.2) is 23.4 Å². The van der Waals surface area contributed by atoms with E-state index in [2.05, 4.69) is 20.7 Å². The first kappa shape index (κ1) is 19.7. The van der Waals surface area contributed by atoms with E-state index in [-0.39, 0.29) is 15.6 Å². The van der Waals surface area contributed by atoms with Crippen molar-refractivity contribution in [2.75, 3.05) is 6.54 Å². The number of sulfone groups is 1.